The Hall–Kier alpha value is -2.12. The Labute approximate surface area is 154 Å². The molecular weight excluding hydrogens is 334 g/mol. The Balaban J connectivity index is 1.72. The molecule has 1 aromatic carbocycles. The number of hydrogen-bond donors (Lipinski definition) is 4. The molecular formula is C19H29N3O4. The van der Waals surface area contributed by atoms with Crippen LogP contribution in [-0.4, -0.2) is 58.8 Å². The molecule has 26 heavy (non-hydrogen) atoms. The van der Waals surface area contributed by atoms with Crippen molar-refractivity contribution in [1.29, 1.82) is 0 Å². The number of benzene rings is 1. The number of rotatable bonds is 8. The SMILES string of the molecule is CCN(CC(=O)O)C1CC(NC(=O)NCC(O)c2cc(C)cc(C)c2)C1. The molecule has 0 aliphatic heterocycles. The van der Waals surface area contributed by atoms with E-state index in [9.17, 15) is 14.7 Å². The number of carboxylic acid groups (broad SMARTS) is 1. The van der Waals surface area contributed by atoms with Crippen molar-refractivity contribution < 1.29 is 19.8 Å². The van der Waals surface area contributed by atoms with E-state index in [1.54, 1.807) is 0 Å². The Morgan fingerprint density at radius 1 is 1.23 bits per heavy atom. The van der Waals surface area contributed by atoms with Crippen LogP contribution in [0.5, 0.6) is 0 Å². The number of amides is 2. The van der Waals surface area contributed by atoms with Crippen LogP contribution in [0.2, 0.25) is 0 Å². The van der Waals surface area contributed by atoms with E-state index >= 15 is 0 Å². The number of likely N-dealkylation sites (N-methyl/N-ethyl adjacent to an activating group) is 1. The molecule has 7 heteroatoms. The lowest BCUT2D eigenvalue weighted by Crippen LogP contribution is -2.56. The van der Waals surface area contributed by atoms with Crippen molar-refractivity contribution >= 4 is 12.0 Å². The minimum Gasteiger partial charge on any atom is -0.480 e. The summed E-state index contributed by atoms with van der Waals surface area (Å²) in [4.78, 5) is 24.7. The Bertz CT molecular complexity index is 623. The van der Waals surface area contributed by atoms with Crippen LogP contribution in [0.3, 0.4) is 0 Å². The molecule has 1 saturated carbocycles. The van der Waals surface area contributed by atoms with Gasteiger partial charge in [-0.2, -0.15) is 0 Å². The lowest BCUT2D eigenvalue weighted by Gasteiger charge is -2.42. The van der Waals surface area contributed by atoms with E-state index in [1.165, 1.54) is 0 Å². The van der Waals surface area contributed by atoms with Gasteiger partial charge in [0.25, 0.3) is 0 Å². The molecule has 7 nitrogen and oxygen atoms in total. The fraction of sp³-hybridized carbons (Fsp3) is 0.579. The average Bonchev–Trinajstić information content (AvgIpc) is 2.52. The summed E-state index contributed by atoms with van der Waals surface area (Å²) >= 11 is 0. The number of nitrogens with zero attached hydrogens (tertiary/aromatic N) is 1. The second kappa shape index (κ2) is 9.00. The van der Waals surface area contributed by atoms with Crippen molar-refractivity contribution in [2.45, 2.75) is 51.8 Å². The molecule has 0 radical (unpaired) electrons. The number of aliphatic carboxylic acids is 1. The van der Waals surface area contributed by atoms with Gasteiger partial charge in [0.1, 0.15) is 0 Å². The van der Waals surface area contributed by atoms with Gasteiger partial charge in [-0.05, 0) is 38.8 Å². The third-order valence-corrected chi connectivity index (χ3v) is 4.79. The van der Waals surface area contributed by atoms with Crippen LogP contribution in [0.15, 0.2) is 18.2 Å². The van der Waals surface area contributed by atoms with Crippen molar-refractivity contribution in [3.05, 3.63) is 34.9 Å². The maximum Gasteiger partial charge on any atom is 0.317 e. The maximum atomic E-state index is 12.0. The fourth-order valence-electron chi connectivity index (χ4n) is 3.42. The van der Waals surface area contributed by atoms with Crippen LogP contribution in [0.1, 0.15) is 42.6 Å². The fourth-order valence-corrected chi connectivity index (χ4v) is 3.42. The highest BCUT2D eigenvalue weighted by Gasteiger charge is 2.34. The monoisotopic (exact) mass is 363 g/mol. The molecule has 0 saturated heterocycles. The Kier molecular flexibility index (Phi) is 6.99. The zero-order valence-corrected chi connectivity index (χ0v) is 15.7. The molecule has 144 valence electrons. The van der Waals surface area contributed by atoms with Gasteiger partial charge in [0.2, 0.25) is 0 Å². The second-order valence-corrected chi connectivity index (χ2v) is 7.07. The summed E-state index contributed by atoms with van der Waals surface area (Å²) in [6.07, 6.45) is 0.738. The summed E-state index contributed by atoms with van der Waals surface area (Å²) in [5.74, 6) is -0.832. The van der Waals surface area contributed by atoms with Crippen molar-refractivity contribution in [2.75, 3.05) is 19.6 Å². The van der Waals surface area contributed by atoms with Gasteiger partial charge in [0, 0.05) is 18.6 Å². The van der Waals surface area contributed by atoms with Crippen molar-refractivity contribution in [2.24, 2.45) is 0 Å². The molecule has 2 rings (SSSR count). The van der Waals surface area contributed by atoms with Crippen LogP contribution < -0.4 is 10.6 Å². The summed E-state index contributed by atoms with van der Waals surface area (Å²) in [6.45, 7) is 6.73. The van der Waals surface area contributed by atoms with Crippen molar-refractivity contribution in [3.63, 3.8) is 0 Å². The van der Waals surface area contributed by atoms with E-state index in [2.05, 4.69) is 10.6 Å². The summed E-state index contributed by atoms with van der Waals surface area (Å²) in [6, 6.07) is 5.79. The number of carbonyl (C=O) groups is 2. The molecule has 0 heterocycles. The lowest BCUT2D eigenvalue weighted by molar-refractivity contribution is -0.139. The van der Waals surface area contributed by atoms with Crippen molar-refractivity contribution in [3.8, 4) is 0 Å². The van der Waals surface area contributed by atoms with Crippen LogP contribution >= 0.6 is 0 Å². The second-order valence-electron chi connectivity index (χ2n) is 7.07. The van der Waals surface area contributed by atoms with Gasteiger partial charge in [-0.3, -0.25) is 9.69 Å². The molecule has 1 unspecified atom stereocenters. The first kappa shape index (κ1) is 20.2. The first-order valence-corrected chi connectivity index (χ1v) is 9.05. The number of hydrogen-bond acceptors (Lipinski definition) is 4. The number of nitrogens with one attached hydrogen (secondary N) is 2. The van der Waals surface area contributed by atoms with Crippen molar-refractivity contribution in [1.82, 2.24) is 15.5 Å². The van der Waals surface area contributed by atoms with E-state index in [0.29, 0.717) is 6.54 Å². The molecule has 1 aliphatic rings. The largest absolute Gasteiger partial charge is 0.480 e. The van der Waals surface area contributed by atoms with Crippen LogP contribution in [0, 0.1) is 13.8 Å². The van der Waals surface area contributed by atoms with E-state index in [-0.39, 0.29) is 31.2 Å². The van der Waals surface area contributed by atoms with E-state index in [0.717, 1.165) is 29.5 Å². The predicted octanol–water partition coefficient (Wildman–Crippen LogP) is 1.57. The summed E-state index contributed by atoms with van der Waals surface area (Å²) in [5.41, 5.74) is 2.94. The minimum atomic E-state index is -0.832. The lowest BCUT2D eigenvalue weighted by atomic mass is 9.85. The molecule has 4 N–H and O–H groups in total. The highest BCUT2D eigenvalue weighted by atomic mass is 16.4. The normalized spacial score (nSPS) is 20.3. The highest BCUT2D eigenvalue weighted by molar-refractivity contribution is 5.74. The van der Waals surface area contributed by atoms with Gasteiger partial charge >= 0.3 is 12.0 Å². The first-order chi connectivity index (χ1) is 12.3. The number of urea groups is 1. The first-order valence-electron chi connectivity index (χ1n) is 9.05. The van der Waals surface area contributed by atoms with Gasteiger partial charge < -0.3 is 20.8 Å². The number of aliphatic hydroxyl groups excluding tert-OH is 1. The molecule has 2 amide bonds. The summed E-state index contributed by atoms with van der Waals surface area (Å²) < 4.78 is 0. The molecule has 1 atom stereocenters. The molecule has 1 aromatic rings. The third-order valence-electron chi connectivity index (χ3n) is 4.79. The zero-order valence-electron chi connectivity index (χ0n) is 15.7. The summed E-state index contributed by atoms with van der Waals surface area (Å²) in [5, 5.41) is 24.7. The van der Waals surface area contributed by atoms with Gasteiger partial charge in [-0.15, -0.1) is 0 Å². The number of carboxylic acids is 1. The number of aliphatic hydroxyl groups is 1. The zero-order chi connectivity index (χ0) is 19.3. The van der Waals surface area contributed by atoms with E-state index < -0.39 is 12.1 Å². The van der Waals surface area contributed by atoms with Crippen LogP contribution in [0.25, 0.3) is 0 Å². The standard InChI is InChI=1S/C19H29N3O4/c1-4-22(11-18(24)25)16-8-15(9-16)21-19(26)20-10-17(23)14-6-12(2)5-13(3)7-14/h5-7,15-17,23H,4,8-11H2,1-3H3,(H,24,25)(H2,20,21,26). The van der Waals surface area contributed by atoms with Gasteiger partial charge in [0.15, 0.2) is 0 Å². The molecule has 0 spiro atoms. The predicted molar refractivity (Wildman–Crippen MR) is 99.1 cm³/mol. The maximum absolute atomic E-state index is 12.0. The molecule has 1 fully saturated rings. The van der Waals surface area contributed by atoms with Crippen LogP contribution in [-0.2, 0) is 4.79 Å². The number of carbonyl (C=O) groups excluding carboxylic acids is 1. The van der Waals surface area contributed by atoms with Crippen LogP contribution in [0.4, 0.5) is 4.79 Å². The summed E-state index contributed by atoms with van der Waals surface area (Å²) in [7, 11) is 0. The third kappa shape index (κ3) is 5.71. The minimum absolute atomic E-state index is 0.0299. The van der Waals surface area contributed by atoms with Gasteiger partial charge in [0.05, 0.1) is 12.6 Å². The molecule has 0 bridgehead atoms. The van der Waals surface area contributed by atoms with Gasteiger partial charge in [-0.25, -0.2) is 4.79 Å². The molecule has 1 aliphatic carbocycles. The molecule has 0 aromatic heterocycles. The number of aryl methyl sites for hydroxylation is 2. The van der Waals surface area contributed by atoms with E-state index in [1.807, 2.05) is 43.9 Å². The smallest absolute Gasteiger partial charge is 0.317 e. The quantitative estimate of drug-likeness (QED) is 0.562. The highest BCUT2D eigenvalue weighted by Crippen LogP contribution is 2.25. The Morgan fingerprint density at radius 2 is 1.85 bits per heavy atom. The topological polar surface area (TPSA) is 102 Å². The Morgan fingerprint density at radius 3 is 2.38 bits per heavy atom. The van der Waals surface area contributed by atoms with E-state index in [4.69, 9.17) is 5.11 Å². The average molecular weight is 363 g/mol. The van der Waals surface area contributed by atoms with Gasteiger partial charge in [-0.1, -0.05) is 36.2 Å².